The van der Waals surface area contributed by atoms with E-state index in [1.165, 1.54) is 11.1 Å². The predicted molar refractivity (Wildman–Crippen MR) is 117 cm³/mol. The Labute approximate surface area is 181 Å². The van der Waals surface area contributed by atoms with Gasteiger partial charge in [-0.3, -0.25) is 4.90 Å². The molecule has 0 saturated carbocycles. The first-order chi connectivity index (χ1) is 15.1. The van der Waals surface area contributed by atoms with Gasteiger partial charge in [-0.05, 0) is 61.4 Å². The Morgan fingerprint density at radius 3 is 2.90 bits per heavy atom. The summed E-state index contributed by atoms with van der Waals surface area (Å²) in [5.41, 5.74) is 5.87. The minimum atomic E-state index is -0.501. The highest BCUT2D eigenvalue weighted by Crippen LogP contribution is 2.45. The minimum Gasteiger partial charge on any atom is -0.487 e. The lowest BCUT2D eigenvalue weighted by Gasteiger charge is -2.48. The zero-order valence-corrected chi connectivity index (χ0v) is 17.5. The van der Waals surface area contributed by atoms with Gasteiger partial charge in [-0.15, -0.1) is 0 Å². The first-order valence-corrected chi connectivity index (χ1v) is 11.2. The van der Waals surface area contributed by atoms with E-state index in [9.17, 15) is 5.11 Å². The van der Waals surface area contributed by atoms with E-state index in [0.29, 0.717) is 12.5 Å². The second-order valence-electron chi connectivity index (χ2n) is 9.34. The van der Waals surface area contributed by atoms with Crippen molar-refractivity contribution in [2.24, 2.45) is 0 Å². The van der Waals surface area contributed by atoms with Crippen LogP contribution in [0.3, 0.4) is 0 Å². The smallest absolute Gasteiger partial charge is 0.128 e. The molecule has 2 aliphatic heterocycles. The average Bonchev–Trinajstić information content (AvgIpc) is 3.25. The van der Waals surface area contributed by atoms with Gasteiger partial charge in [0.15, 0.2) is 0 Å². The molecular formula is C25H26N4O2. The minimum absolute atomic E-state index is 0.291. The first-order valence-electron chi connectivity index (χ1n) is 11.2. The molecule has 1 fully saturated rings. The Hall–Kier alpha value is -2.88. The molecule has 2 aromatic carbocycles. The summed E-state index contributed by atoms with van der Waals surface area (Å²) < 4.78 is 6.55. The maximum atomic E-state index is 10.9. The molecule has 1 aromatic heterocycles. The molecule has 3 heterocycles. The SMILES string of the molecule is N#Cc1ccc2c(c1)CCC(N1CCC3(CC1)CC(O)c1cc4[nH]cnc4cc1O3)C2. The van der Waals surface area contributed by atoms with Crippen molar-refractivity contribution >= 4 is 11.0 Å². The Morgan fingerprint density at radius 2 is 2.06 bits per heavy atom. The number of ether oxygens (including phenoxy) is 1. The fourth-order valence-corrected chi connectivity index (χ4v) is 5.79. The molecule has 6 heteroatoms. The third-order valence-electron chi connectivity index (χ3n) is 7.57. The van der Waals surface area contributed by atoms with Crippen molar-refractivity contribution < 1.29 is 9.84 Å². The number of aromatic amines is 1. The number of hydrogen-bond acceptors (Lipinski definition) is 5. The molecule has 2 N–H and O–H groups in total. The van der Waals surface area contributed by atoms with Crippen molar-refractivity contribution in [3.8, 4) is 11.8 Å². The fourth-order valence-electron chi connectivity index (χ4n) is 5.79. The lowest BCUT2D eigenvalue weighted by Crippen LogP contribution is -2.53. The number of aliphatic hydroxyl groups excluding tert-OH is 1. The van der Waals surface area contributed by atoms with Crippen molar-refractivity contribution in [3.63, 3.8) is 0 Å². The number of likely N-dealkylation sites (tertiary alicyclic amines) is 1. The number of aliphatic hydroxyl groups is 1. The van der Waals surface area contributed by atoms with E-state index in [1.54, 1.807) is 6.33 Å². The molecule has 3 aromatic rings. The average molecular weight is 415 g/mol. The number of hydrogen-bond donors (Lipinski definition) is 2. The number of benzene rings is 2. The zero-order chi connectivity index (χ0) is 21.0. The molecule has 6 nitrogen and oxygen atoms in total. The number of nitrogens with zero attached hydrogens (tertiary/aromatic N) is 3. The Balaban J connectivity index is 1.17. The van der Waals surface area contributed by atoms with Crippen LogP contribution in [0.1, 0.15) is 54.0 Å². The molecule has 158 valence electrons. The lowest BCUT2D eigenvalue weighted by atomic mass is 9.80. The van der Waals surface area contributed by atoms with Gasteiger partial charge in [-0.25, -0.2) is 4.98 Å². The Morgan fingerprint density at radius 1 is 1.19 bits per heavy atom. The van der Waals surface area contributed by atoms with Crippen LogP contribution < -0.4 is 4.74 Å². The molecule has 0 bridgehead atoms. The number of aryl methyl sites for hydroxylation is 1. The molecule has 1 saturated heterocycles. The topological polar surface area (TPSA) is 85.2 Å². The molecule has 2 unspecified atom stereocenters. The van der Waals surface area contributed by atoms with Crippen LogP contribution in [-0.4, -0.2) is 44.7 Å². The van der Waals surface area contributed by atoms with Crippen LogP contribution >= 0.6 is 0 Å². The number of rotatable bonds is 1. The van der Waals surface area contributed by atoms with E-state index in [-0.39, 0.29) is 5.60 Å². The number of piperidine rings is 1. The van der Waals surface area contributed by atoms with Crippen LogP contribution in [0.25, 0.3) is 11.0 Å². The van der Waals surface area contributed by atoms with Crippen molar-refractivity contribution in [2.75, 3.05) is 13.1 Å². The van der Waals surface area contributed by atoms with Gasteiger partial charge in [0, 0.05) is 37.2 Å². The van der Waals surface area contributed by atoms with Gasteiger partial charge in [-0.2, -0.15) is 5.26 Å². The van der Waals surface area contributed by atoms with Crippen LogP contribution in [-0.2, 0) is 12.8 Å². The largest absolute Gasteiger partial charge is 0.487 e. The number of fused-ring (bicyclic) bond motifs is 3. The van der Waals surface area contributed by atoms with Crippen molar-refractivity contribution in [1.82, 2.24) is 14.9 Å². The molecule has 1 spiro atoms. The summed E-state index contributed by atoms with van der Waals surface area (Å²) in [4.78, 5) is 10.1. The second-order valence-corrected chi connectivity index (χ2v) is 9.34. The highest BCUT2D eigenvalue weighted by atomic mass is 16.5. The van der Waals surface area contributed by atoms with Crippen LogP contribution in [0.2, 0.25) is 0 Å². The molecule has 0 amide bonds. The second kappa shape index (κ2) is 7.08. The summed E-state index contributed by atoms with van der Waals surface area (Å²) in [6.07, 6.45) is 6.92. The number of nitriles is 1. The van der Waals surface area contributed by atoms with E-state index >= 15 is 0 Å². The van der Waals surface area contributed by atoms with E-state index in [0.717, 1.165) is 73.1 Å². The molecule has 3 aliphatic rings. The number of nitrogens with one attached hydrogen (secondary N) is 1. The molecular weight excluding hydrogens is 388 g/mol. The van der Waals surface area contributed by atoms with Gasteiger partial charge in [0.2, 0.25) is 0 Å². The van der Waals surface area contributed by atoms with E-state index in [1.807, 2.05) is 18.2 Å². The summed E-state index contributed by atoms with van der Waals surface area (Å²) in [6.45, 7) is 1.98. The van der Waals surface area contributed by atoms with Gasteiger partial charge < -0.3 is 14.8 Å². The summed E-state index contributed by atoms with van der Waals surface area (Å²) in [5.74, 6) is 0.784. The zero-order valence-electron chi connectivity index (χ0n) is 17.5. The van der Waals surface area contributed by atoms with Gasteiger partial charge in [0.1, 0.15) is 11.4 Å². The third kappa shape index (κ3) is 3.20. The Bertz CT molecular complexity index is 1190. The molecule has 6 rings (SSSR count). The van der Waals surface area contributed by atoms with Crippen LogP contribution in [0.5, 0.6) is 5.75 Å². The lowest BCUT2D eigenvalue weighted by molar-refractivity contribution is -0.0607. The standard InChI is InChI=1S/C25H26N4O2/c26-14-16-1-2-18-10-19(4-3-17(18)9-16)29-7-5-25(6-8-29)13-23(30)20-11-21-22(28-15-27-21)12-24(20)31-25/h1-2,9,11-12,15,19,23,30H,3-8,10,13H2,(H,27,28). The van der Waals surface area contributed by atoms with Crippen LogP contribution in [0.15, 0.2) is 36.7 Å². The highest BCUT2D eigenvalue weighted by Gasteiger charge is 2.44. The number of H-pyrrole nitrogens is 1. The van der Waals surface area contributed by atoms with E-state index < -0.39 is 6.10 Å². The monoisotopic (exact) mass is 414 g/mol. The molecule has 31 heavy (non-hydrogen) atoms. The number of imidazole rings is 1. The van der Waals surface area contributed by atoms with Crippen LogP contribution in [0.4, 0.5) is 0 Å². The third-order valence-corrected chi connectivity index (χ3v) is 7.57. The van der Waals surface area contributed by atoms with Crippen molar-refractivity contribution in [2.45, 2.75) is 56.3 Å². The maximum absolute atomic E-state index is 10.9. The van der Waals surface area contributed by atoms with Gasteiger partial charge in [0.05, 0.1) is 35.1 Å². The molecule has 1 aliphatic carbocycles. The number of aromatic nitrogens is 2. The van der Waals surface area contributed by atoms with Crippen molar-refractivity contribution in [1.29, 1.82) is 5.26 Å². The van der Waals surface area contributed by atoms with Crippen LogP contribution in [0, 0.1) is 11.3 Å². The summed E-state index contributed by atoms with van der Waals surface area (Å²) in [5, 5.41) is 20.0. The quantitative estimate of drug-likeness (QED) is 0.635. The Kier molecular flexibility index (Phi) is 4.31. The molecule has 2 atom stereocenters. The van der Waals surface area contributed by atoms with Gasteiger partial charge in [0.25, 0.3) is 0 Å². The fraction of sp³-hybridized carbons (Fsp3) is 0.440. The summed E-state index contributed by atoms with van der Waals surface area (Å²) >= 11 is 0. The van der Waals surface area contributed by atoms with E-state index in [2.05, 4.69) is 33.1 Å². The van der Waals surface area contributed by atoms with Crippen molar-refractivity contribution in [3.05, 3.63) is 58.9 Å². The summed E-state index contributed by atoms with van der Waals surface area (Å²) in [7, 11) is 0. The predicted octanol–water partition coefficient (Wildman–Crippen LogP) is 3.64. The molecule has 0 radical (unpaired) electrons. The maximum Gasteiger partial charge on any atom is 0.128 e. The van der Waals surface area contributed by atoms with Gasteiger partial charge in [-0.1, -0.05) is 6.07 Å². The first kappa shape index (κ1) is 18.9. The summed E-state index contributed by atoms with van der Waals surface area (Å²) in [6, 6.07) is 12.9. The van der Waals surface area contributed by atoms with E-state index in [4.69, 9.17) is 10.00 Å². The normalized spacial score (nSPS) is 24.9. The van der Waals surface area contributed by atoms with Gasteiger partial charge >= 0.3 is 0 Å². The highest BCUT2D eigenvalue weighted by molar-refractivity contribution is 5.78.